The molecule has 0 fully saturated rings. The van der Waals surface area contributed by atoms with Crippen molar-refractivity contribution in [3.8, 4) is 11.4 Å². The van der Waals surface area contributed by atoms with E-state index >= 15 is 0 Å². The number of rotatable bonds is 3. The molecular formula is C16H11BrF2N2. The number of imidazole rings is 1. The van der Waals surface area contributed by atoms with Gasteiger partial charge in [0.1, 0.15) is 5.82 Å². The van der Waals surface area contributed by atoms with Crippen molar-refractivity contribution >= 4 is 15.9 Å². The molecule has 1 heterocycles. The number of hydrogen-bond acceptors (Lipinski definition) is 1. The normalized spacial score (nSPS) is 10.8. The molecule has 0 aliphatic heterocycles. The van der Waals surface area contributed by atoms with E-state index in [4.69, 9.17) is 0 Å². The second-order valence-electron chi connectivity index (χ2n) is 4.64. The molecule has 3 aromatic rings. The molecule has 0 aliphatic rings. The van der Waals surface area contributed by atoms with Gasteiger partial charge < -0.3 is 4.57 Å². The number of nitrogens with zero attached hydrogens (tertiary/aromatic N) is 2. The maximum absolute atomic E-state index is 13.3. The van der Waals surface area contributed by atoms with Crippen molar-refractivity contribution in [3.05, 3.63) is 76.5 Å². The zero-order valence-corrected chi connectivity index (χ0v) is 12.5. The largest absolute Gasteiger partial charge is 0.327 e. The molecule has 1 aromatic heterocycles. The predicted molar refractivity (Wildman–Crippen MR) is 80.8 cm³/mol. The minimum atomic E-state index is -0.836. The molecule has 0 saturated carbocycles. The van der Waals surface area contributed by atoms with Gasteiger partial charge in [-0.05, 0) is 29.8 Å². The van der Waals surface area contributed by atoms with E-state index < -0.39 is 11.6 Å². The number of hydrogen-bond donors (Lipinski definition) is 0. The van der Waals surface area contributed by atoms with Crippen molar-refractivity contribution in [2.24, 2.45) is 0 Å². The maximum atomic E-state index is 13.3. The third kappa shape index (κ3) is 3.03. The van der Waals surface area contributed by atoms with Crippen LogP contribution in [0.4, 0.5) is 8.78 Å². The summed E-state index contributed by atoms with van der Waals surface area (Å²) in [6, 6.07) is 11.7. The van der Waals surface area contributed by atoms with E-state index in [9.17, 15) is 8.78 Å². The summed E-state index contributed by atoms with van der Waals surface area (Å²) < 4.78 is 29.1. The Labute approximate surface area is 129 Å². The van der Waals surface area contributed by atoms with Gasteiger partial charge in [-0.1, -0.05) is 34.1 Å². The zero-order chi connectivity index (χ0) is 14.8. The van der Waals surface area contributed by atoms with Crippen molar-refractivity contribution in [1.29, 1.82) is 0 Å². The van der Waals surface area contributed by atoms with Crippen LogP contribution in [0.25, 0.3) is 11.4 Å². The Hall–Kier alpha value is -2.01. The third-order valence-corrected chi connectivity index (χ3v) is 3.63. The maximum Gasteiger partial charge on any atom is 0.159 e. The monoisotopic (exact) mass is 348 g/mol. The van der Waals surface area contributed by atoms with Crippen LogP contribution >= 0.6 is 15.9 Å². The van der Waals surface area contributed by atoms with Crippen LogP contribution in [-0.2, 0) is 6.54 Å². The lowest BCUT2D eigenvalue weighted by Crippen LogP contribution is -2.02. The fraction of sp³-hybridized carbons (Fsp3) is 0.0625. The summed E-state index contributed by atoms with van der Waals surface area (Å²) in [4.78, 5) is 4.34. The van der Waals surface area contributed by atoms with Crippen LogP contribution in [0.1, 0.15) is 5.56 Å². The summed E-state index contributed by atoms with van der Waals surface area (Å²) >= 11 is 3.43. The van der Waals surface area contributed by atoms with E-state index in [1.807, 2.05) is 35.0 Å². The highest BCUT2D eigenvalue weighted by atomic mass is 79.9. The zero-order valence-electron chi connectivity index (χ0n) is 10.9. The molecule has 0 N–H and O–H groups in total. The van der Waals surface area contributed by atoms with E-state index in [0.29, 0.717) is 12.1 Å². The van der Waals surface area contributed by atoms with E-state index in [1.165, 1.54) is 6.07 Å². The Balaban J connectivity index is 1.94. The smallest absolute Gasteiger partial charge is 0.159 e. The summed E-state index contributed by atoms with van der Waals surface area (Å²) in [6.45, 7) is 0.430. The highest BCUT2D eigenvalue weighted by Crippen LogP contribution is 2.22. The van der Waals surface area contributed by atoms with Crippen LogP contribution in [0.3, 0.4) is 0 Å². The van der Waals surface area contributed by atoms with E-state index in [-0.39, 0.29) is 0 Å². The molecule has 0 amide bonds. The van der Waals surface area contributed by atoms with Gasteiger partial charge in [-0.25, -0.2) is 13.8 Å². The second-order valence-corrected chi connectivity index (χ2v) is 5.55. The molecule has 0 spiro atoms. The Morgan fingerprint density at radius 1 is 1.05 bits per heavy atom. The van der Waals surface area contributed by atoms with Crippen LogP contribution in [0.2, 0.25) is 0 Å². The Bertz CT molecular complexity index is 783. The first-order valence-electron chi connectivity index (χ1n) is 6.34. The quantitative estimate of drug-likeness (QED) is 0.674. The molecule has 2 aromatic carbocycles. The molecule has 21 heavy (non-hydrogen) atoms. The second kappa shape index (κ2) is 5.77. The van der Waals surface area contributed by atoms with Crippen molar-refractivity contribution < 1.29 is 8.78 Å². The molecule has 0 bridgehead atoms. The molecule has 0 saturated heterocycles. The fourth-order valence-corrected chi connectivity index (χ4v) is 2.56. The Kier molecular flexibility index (Phi) is 3.84. The van der Waals surface area contributed by atoms with Gasteiger partial charge in [-0.3, -0.25) is 0 Å². The average molecular weight is 349 g/mol. The lowest BCUT2D eigenvalue weighted by atomic mass is 10.2. The number of aromatic nitrogens is 2. The van der Waals surface area contributed by atoms with Crippen LogP contribution in [0.5, 0.6) is 0 Å². The summed E-state index contributed by atoms with van der Waals surface area (Å²) in [7, 11) is 0. The van der Waals surface area contributed by atoms with E-state index in [0.717, 1.165) is 21.9 Å². The topological polar surface area (TPSA) is 17.8 Å². The van der Waals surface area contributed by atoms with Gasteiger partial charge in [-0.2, -0.15) is 0 Å². The lowest BCUT2D eigenvalue weighted by molar-refractivity contribution is 0.506. The average Bonchev–Trinajstić information content (AvgIpc) is 2.91. The van der Waals surface area contributed by atoms with Gasteiger partial charge >= 0.3 is 0 Å². The van der Waals surface area contributed by atoms with Gasteiger partial charge in [-0.15, -0.1) is 0 Å². The third-order valence-electron chi connectivity index (χ3n) is 3.14. The van der Waals surface area contributed by atoms with Gasteiger partial charge in [0, 0.05) is 29.0 Å². The first kappa shape index (κ1) is 13.9. The Morgan fingerprint density at radius 3 is 2.67 bits per heavy atom. The Morgan fingerprint density at radius 2 is 1.90 bits per heavy atom. The van der Waals surface area contributed by atoms with Crippen LogP contribution in [-0.4, -0.2) is 9.55 Å². The van der Waals surface area contributed by atoms with E-state index in [2.05, 4.69) is 20.9 Å². The summed E-state index contributed by atoms with van der Waals surface area (Å²) in [5, 5.41) is 0. The summed E-state index contributed by atoms with van der Waals surface area (Å²) in [5.41, 5.74) is 1.64. The van der Waals surface area contributed by atoms with Gasteiger partial charge in [0.25, 0.3) is 0 Å². The van der Waals surface area contributed by atoms with Gasteiger partial charge in [0.2, 0.25) is 0 Å². The SMILES string of the molecule is Fc1ccc(Cn2ccnc2-c2cccc(Br)c2)cc1F. The number of halogens is 3. The molecule has 0 aliphatic carbocycles. The van der Waals surface area contributed by atoms with Crippen LogP contribution < -0.4 is 0 Å². The highest BCUT2D eigenvalue weighted by Gasteiger charge is 2.08. The molecule has 2 nitrogen and oxygen atoms in total. The summed E-state index contributed by atoms with van der Waals surface area (Å²) in [5.74, 6) is -0.894. The van der Waals surface area contributed by atoms with Crippen molar-refractivity contribution in [1.82, 2.24) is 9.55 Å². The van der Waals surface area contributed by atoms with Crippen molar-refractivity contribution in [3.63, 3.8) is 0 Å². The molecule has 0 radical (unpaired) electrons. The molecular weight excluding hydrogens is 338 g/mol. The molecule has 0 atom stereocenters. The molecule has 106 valence electrons. The van der Waals surface area contributed by atoms with Gasteiger partial charge in [0.05, 0.1) is 0 Å². The highest BCUT2D eigenvalue weighted by molar-refractivity contribution is 9.10. The van der Waals surface area contributed by atoms with E-state index in [1.54, 1.807) is 12.3 Å². The summed E-state index contributed by atoms with van der Waals surface area (Å²) in [6.07, 6.45) is 3.51. The minimum absolute atomic E-state index is 0.430. The molecule has 3 rings (SSSR count). The van der Waals surface area contributed by atoms with Crippen LogP contribution in [0, 0.1) is 11.6 Å². The van der Waals surface area contributed by atoms with Crippen molar-refractivity contribution in [2.75, 3.05) is 0 Å². The lowest BCUT2D eigenvalue weighted by Gasteiger charge is -2.09. The molecule has 0 unspecified atom stereocenters. The standard InChI is InChI=1S/C16H11BrF2N2/c17-13-3-1-2-12(9-13)16-20-6-7-21(16)10-11-4-5-14(18)15(19)8-11/h1-9H,10H2. The molecule has 5 heteroatoms. The van der Waals surface area contributed by atoms with Crippen LogP contribution in [0.15, 0.2) is 59.3 Å². The predicted octanol–water partition coefficient (Wildman–Crippen LogP) is 4.64. The first-order valence-corrected chi connectivity index (χ1v) is 7.14. The first-order chi connectivity index (χ1) is 10.1. The van der Waals surface area contributed by atoms with Gasteiger partial charge in [0.15, 0.2) is 11.6 Å². The number of benzene rings is 2. The van der Waals surface area contributed by atoms with Crippen molar-refractivity contribution in [2.45, 2.75) is 6.54 Å². The fourth-order valence-electron chi connectivity index (χ4n) is 2.16. The minimum Gasteiger partial charge on any atom is -0.327 e.